The van der Waals surface area contributed by atoms with Crippen molar-refractivity contribution in [3.63, 3.8) is 0 Å². The Morgan fingerprint density at radius 3 is 2.24 bits per heavy atom. The third-order valence-electron chi connectivity index (χ3n) is 3.07. The second kappa shape index (κ2) is 4.45. The number of hydrogen-bond donors (Lipinski definition) is 4. The molecule has 1 aromatic heterocycles. The van der Waals surface area contributed by atoms with E-state index in [0.29, 0.717) is 0 Å². The van der Waals surface area contributed by atoms with Crippen molar-refractivity contribution in [2.45, 2.75) is 0 Å². The molecule has 0 fully saturated rings. The Morgan fingerprint density at radius 2 is 1.57 bits per heavy atom. The van der Waals surface area contributed by atoms with Crippen LogP contribution < -0.4 is 0 Å². The number of phenols is 3. The normalized spacial score (nSPS) is 10.9. The highest BCUT2D eigenvalue weighted by Crippen LogP contribution is 2.41. The van der Waals surface area contributed by atoms with Crippen molar-refractivity contribution in [3.8, 4) is 23.0 Å². The molecule has 0 aliphatic carbocycles. The lowest BCUT2D eigenvalue weighted by Gasteiger charge is -1.98. The summed E-state index contributed by atoms with van der Waals surface area (Å²) >= 11 is 0. The van der Waals surface area contributed by atoms with Crippen LogP contribution in [0.2, 0.25) is 0 Å². The van der Waals surface area contributed by atoms with Gasteiger partial charge in [-0.3, -0.25) is 4.79 Å². The molecule has 0 spiro atoms. The van der Waals surface area contributed by atoms with Crippen molar-refractivity contribution in [1.29, 1.82) is 0 Å². The first-order valence-electron chi connectivity index (χ1n) is 5.98. The Labute approximate surface area is 118 Å². The van der Waals surface area contributed by atoms with Crippen LogP contribution >= 0.6 is 0 Å². The van der Waals surface area contributed by atoms with Gasteiger partial charge in [-0.25, -0.2) is 0 Å². The van der Waals surface area contributed by atoms with E-state index in [4.69, 9.17) is 4.42 Å². The van der Waals surface area contributed by atoms with Crippen molar-refractivity contribution >= 4 is 16.8 Å². The van der Waals surface area contributed by atoms with Gasteiger partial charge in [0.05, 0.1) is 0 Å². The van der Waals surface area contributed by atoms with E-state index in [9.17, 15) is 25.2 Å². The minimum absolute atomic E-state index is 0.00273. The molecule has 0 aliphatic heterocycles. The van der Waals surface area contributed by atoms with E-state index in [2.05, 4.69) is 0 Å². The maximum atomic E-state index is 12.3. The average Bonchev–Trinajstić information content (AvgIpc) is 2.76. The zero-order valence-corrected chi connectivity index (χ0v) is 10.6. The molecule has 0 unspecified atom stereocenters. The highest BCUT2D eigenvalue weighted by Gasteiger charge is 2.24. The Balaban J connectivity index is 2.16. The molecule has 106 valence electrons. The topological polar surface area (TPSA) is 111 Å². The standard InChI is InChI=1S/C15H10O6/c16-8-3-1-7(2-4-8)13(19)15-14(20)12-10(18)5-9(17)6-11(12)21-15/h1-6,16-18,20H. The van der Waals surface area contributed by atoms with Gasteiger partial charge in [-0.2, -0.15) is 0 Å². The van der Waals surface area contributed by atoms with Crippen LogP contribution in [0.15, 0.2) is 40.8 Å². The van der Waals surface area contributed by atoms with E-state index in [1.807, 2.05) is 0 Å². The molecule has 1 heterocycles. The fraction of sp³-hybridized carbons (Fsp3) is 0. The molecular weight excluding hydrogens is 276 g/mol. The lowest BCUT2D eigenvalue weighted by atomic mass is 10.1. The van der Waals surface area contributed by atoms with E-state index >= 15 is 0 Å². The number of carbonyl (C=O) groups is 1. The predicted octanol–water partition coefficient (Wildman–Crippen LogP) is 2.49. The third-order valence-corrected chi connectivity index (χ3v) is 3.07. The number of fused-ring (bicyclic) bond motifs is 1. The molecule has 6 nitrogen and oxygen atoms in total. The number of rotatable bonds is 2. The highest BCUT2D eigenvalue weighted by molar-refractivity contribution is 6.12. The van der Waals surface area contributed by atoms with Crippen LogP contribution in [0.1, 0.15) is 16.1 Å². The molecule has 0 atom stereocenters. The lowest BCUT2D eigenvalue weighted by Crippen LogP contribution is -1.99. The van der Waals surface area contributed by atoms with Crippen LogP contribution in [0.3, 0.4) is 0 Å². The van der Waals surface area contributed by atoms with Gasteiger partial charge in [0.25, 0.3) is 0 Å². The number of hydrogen-bond acceptors (Lipinski definition) is 6. The summed E-state index contributed by atoms with van der Waals surface area (Å²) in [6.07, 6.45) is 0. The van der Waals surface area contributed by atoms with Gasteiger partial charge in [0.15, 0.2) is 5.75 Å². The van der Waals surface area contributed by atoms with Crippen molar-refractivity contribution in [3.05, 3.63) is 47.7 Å². The SMILES string of the molecule is O=C(c1ccc(O)cc1)c1oc2cc(O)cc(O)c2c1O. The lowest BCUT2D eigenvalue weighted by molar-refractivity contribution is 0.101. The van der Waals surface area contributed by atoms with Gasteiger partial charge in [-0.1, -0.05) is 0 Å². The number of phenolic OH excluding ortho intramolecular Hbond substituents is 3. The van der Waals surface area contributed by atoms with Gasteiger partial charge in [-0.15, -0.1) is 0 Å². The first-order valence-corrected chi connectivity index (χ1v) is 5.98. The summed E-state index contributed by atoms with van der Waals surface area (Å²) in [5.41, 5.74) is 0.193. The Bertz CT molecular complexity index is 845. The van der Waals surface area contributed by atoms with E-state index in [1.54, 1.807) is 0 Å². The number of benzene rings is 2. The second-order valence-corrected chi connectivity index (χ2v) is 4.49. The highest BCUT2D eigenvalue weighted by atomic mass is 16.4. The van der Waals surface area contributed by atoms with Crippen LogP contribution in [-0.4, -0.2) is 26.2 Å². The molecule has 0 bridgehead atoms. The summed E-state index contributed by atoms with van der Waals surface area (Å²) in [5, 5.41) is 38.3. The zero-order valence-electron chi connectivity index (χ0n) is 10.6. The average molecular weight is 286 g/mol. The van der Waals surface area contributed by atoms with E-state index in [0.717, 1.165) is 6.07 Å². The van der Waals surface area contributed by atoms with Crippen LogP contribution in [-0.2, 0) is 0 Å². The smallest absolute Gasteiger partial charge is 0.232 e. The molecule has 0 amide bonds. The molecule has 6 heteroatoms. The van der Waals surface area contributed by atoms with Crippen LogP contribution in [0.25, 0.3) is 11.0 Å². The third kappa shape index (κ3) is 2.02. The monoisotopic (exact) mass is 286 g/mol. The molecule has 3 rings (SSSR count). The molecule has 2 aromatic carbocycles. The quantitative estimate of drug-likeness (QED) is 0.538. The van der Waals surface area contributed by atoms with Crippen LogP contribution in [0, 0.1) is 0 Å². The number of ketones is 1. The van der Waals surface area contributed by atoms with E-state index < -0.39 is 17.3 Å². The Hall–Kier alpha value is -3.15. The van der Waals surface area contributed by atoms with Gasteiger partial charge < -0.3 is 24.8 Å². The first-order chi connectivity index (χ1) is 9.97. The fourth-order valence-corrected chi connectivity index (χ4v) is 2.07. The van der Waals surface area contributed by atoms with Gasteiger partial charge in [0.2, 0.25) is 11.5 Å². The van der Waals surface area contributed by atoms with Gasteiger partial charge in [-0.05, 0) is 24.3 Å². The first kappa shape index (κ1) is 12.9. The fourth-order valence-electron chi connectivity index (χ4n) is 2.07. The summed E-state index contributed by atoms with van der Waals surface area (Å²) in [6, 6.07) is 7.63. The largest absolute Gasteiger partial charge is 0.508 e. The molecule has 0 saturated heterocycles. The van der Waals surface area contributed by atoms with Crippen molar-refractivity contribution in [1.82, 2.24) is 0 Å². The second-order valence-electron chi connectivity index (χ2n) is 4.49. The molecule has 0 radical (unpaired) electrons. The summed E-state index contributed by atoms with van der Waals surface area (Å²) in [7, 11) is 0. The number of aromatic hydroxyl groups is 4. The molecule has 0 aliphatic rings. The molecular formula is C15H10O6. The van der Waals surface area contributed by atoms with Gasteiger partial charge in [0, 0.05) is 17.7 Å². The maximum absolute atomic E-state index is 12.3. The summed E-state index contributed by atoms with van der Waals surface area (Å²) in [4.78, 5) is 12.3. The Morgan fingerprint density at radius 1 is 0.905 bits per heavy atom. The van der Waals surface area contributed by atoms with Crippen molar-refractivity contribution in [2.75, 3.05) is 0 Å². The van der Waals surface area contributed by atoms with Crippen LogP contribution in [0.4, 0.5) is 0 Å². The molecule has 3 aromatic rings. The minimum atomic E-state index is -0.609. The van der Waals surface area contributed by atoms with Crippen LogP contribution in [0.5, 0.6) is 23.0 Å². The number of furan rings is 1. The predicted molar refractivity (Wildman–Crippen MR) is 72.7 cm³/mol. The van der Waals surface area contributed by atoms with Crippen molar-refractivity contribution < 1.29 is 29.6 Å². The molecule has 21 heavy (non-hydrogen) atoms. The molecule has 4 N–H and O–H groups in total. The minimum Gasteiger partial charge on any atom is -0.508 e. The van der Waals surface area contributed by atoms with Crippen molar-refractivity contribution in [2.24, 2.45) is 0 Å². The van der Waals surface area contributed by atoms with Gasteiger partial charge in [0.1, 0.15) is 28.2 Å². The molecule has 0 saturated carbocycles. The van der Waals surface area contributed by atoms with Gasteiger partial charge >= 0.3 is 0 Å². The Kier molecular flexibility index (Phi) is 2.72. The summed E-state index contributed by atoms with van der Waals surface area (Å²) < 4.78 is 5.22. The maximum Gasteiger partial charge on any atom is 0.232 e. The number of carbonyl (C=O) groups excluding carboxylic acids is 1. The summed E-state index contributed by atoms with van der Waals surface area (Å²) in [6.45, 7) is 0. The van der Waals surface area contributed by atoms with E-state index in [1.165, 1.54) is 30.3 Å². The van der Waals surface area contributed by atoms with E-state index in [-0.39, 0.29) is 33.8 Å². The zero-order chi connectivity index (χ0) is 15.1. The summed E-state index contributed by atoms with van der Waals surface area (Å²) in [5.74, 6) is -2.10.